The number of nitrogens with zero attached hydrogens (tertiary/aromatic N) is 3. The van der Waals surface area contributed by atoms with Crippen LogP contribution in [-0.4, -0.2) is 34.5 Å². The van der Waals surface area contributed by atoms with E-state index in [1.54, 1.807) is 6.20 Å². The number of hydrogen-bond acceptors (Lipinski definition) is 5. The van der Waals surface area contributed by atoms with Gasteiger partial charge in [0.15, 0.2) is 5.58 Å². The molecule has 20 heavy (non-hydrogen) atoms. The molecule has 0 aliphatic carbocycles. The highest BCUT2D eigenvalue weighted by Crippen LogP contribution is 2.27. The molecule has 0 aromatic carbocycles. The summed E-state index contributed by atoms with van der Waals surface area (Å²) in [6, 6.07) is 4.06. The molecule has 6 nitrogen and oxygen atoms in total. The maximum absolute atomic E-state index is 12.2. The number of carbonyl (C=O) groups excluding carboxylic acids is 1. The fourth-order valence-electron chi connectivity index (χ4n) is 2.53. The SMILES string of the molecule is CC(C)NC(=O)C1CCCN1c1nc2ncccc2o1. The minimum Gasteiger partial charge on any atom is -0.422 e. The van der Waals surface area contributed by atoms with Crippen molar-refractivity contribution < 1.29 is 9.21 Å². The number of pyridine rings is 1. The predicted octanol–water partition coefficient (Wildman–Crippen LogP) is 1.72. The van der Waals surface area contributed by atoms with Crippen molar-refractivity contribution in [3.05, 3.63) is 18.3 Å². The van der Waals surface area contributed by atoms with Gasteiger partial charge in [-0.3, -0.25) is 4.79 Å². The summed E-state index contributed by atoms with van der Waals surface area (Å²) in [7, 11) is 0. The molecule has 3 rings (SSSR count). The lowest BCUT2D eigenvalue weighted by atomic mass is 10.2. The van der Waals surface area contributed by atoms with E-state index in [0.717, 1.165) is 19.4 Å². The molecule has 1 aliphatic rings. The van der Waals surface area contributed by atoms with E-state index in [-0.39, 0.29) is 18.0 Å². The van der Waals surface area contributed by atoms with Gasteiger partial charge in [-0.15, -0.1) is 0 Å². The Labute approximate surface area is 117 Å². The Bertz CT molecular complexity index is 589. The summed E-state index contributed by atoms with van der Waals surface area (Å²) in [6.45, 7) is 4.70. The van der Waals surface area contributed by atoms with E-state index >= 15 is 0 Å². The lowest BCUT2D eigenvalue weighted by Gasteiger charge is -2.22. The van der Waals surface area contributed by atoms with Crippen molar-refractivity contribution in [1.29, 1.82) is 0 Å². The third kappa shape index (κ3) is 2.33. The predicted molar refractivity (Wildman–Crippen MR) is 75.5 cm³/mol. The van der Waals surface area contributed by atoms with Crippen LogP contribution in [0.1, 0.15) is 26.7 Å². The molecule has 6 heteroatoms. The average molecular weight is 274 g/mol. The fourth-order valence-corrected chi connectivity index (χ4v) is 2.53. The van der Waals surface area contributed by atoms with E-state index in [0.29, 0.717) is 17.2 Å². The van der Waals surface area contributed by atoms with Crippen molar-refractivity contribution in [2.24, 2.45) is 0 Å². The molecule has 0 spiro atoms. The lowest BCUT2D eigenvalue weighted by molar-refractivity contribution is -0.122. The van der Waals surface area contributed by atoms with Crippen LogP contribution in [0.4, 0.5) is 6.01 Å². The van der Waals surface area contributed by atoms with Crippen molar-refractivity contribution in [3.63, 3.8) is 0 Å². The molecule has 1 amide bonds. The molecule has 1 saturated heterocycles. The third-order valence-corrected chi connectivity index (χ3v) is 3.39. The maximum Gasteiger partial charge on any atom is 0.300 e. The van der Waals surface area contributed by atoms with Crippen LogP contribution in [-0.2, 0) is 4.79 Å². The molecule has 0 bridgehead atoms. The largest absolute Gasteiger partial charge is 0.422 e. The fraction of sp³-hybridized carbons (Fsp3) is 0.500. The Hall–Kier alpha value is -2.11. The van der Waals surface area contributed by atoms with Crippen LogP contribution >= 0.6 is 0 Å². The minimum absolute atomic E-state index is 0.0349. The molecule has 106 valence electrons. The molecule has 1 fully saturated rings. The molecule has 0 saturated carbocycles. The number of carbonyl (C=O) groups is 1. The van der Waals surface area contributed by atoms with Gasteiger partial charge in [-0.1, -0.05) is 0 Å². The normalized spacial score (nSPS) is 18.9. The second-order valence-corrected chi connectivity index (χ2v) is 5.34. The topological polar surface area (TPSA) is 71.3 Å². The Morgan fingerprint density at radius 1 is 1.55 bits per heavy atom. The van der Waals surface area contributed by atoms with Gasteiger partial charge in [-0.2, -0.15) is 4.98 Å². The molecule has 2 aromatic heterocycles. The summed E-state index contributed by atoms with van der Waals surface area (Å²) in [5.41, 5.74) is 1.23. The number of oxazole rings is 1. The third-order valence-electron chi connectivity index (χ3n) is 3.39. The second kappa shape index (κ2) is 5.11. The van der Waals surface area contributed by atoms with Gasteiger partial charge in [0.2, 0.25) is 11.6 Å². The van der Waals surface area contributed by atoms with E-state index in [1.807, 2.05) is 30.9 Å². The van der Waals surface area contributed by atoms with Gasteiger partial charge < -0.3 is 14.6 Å². The zero-order chi connectivity index (χ0) is 14.1. The Morgan fingerprint density at radius 2 is 2.40 bits per heavy atom. The zero-order valence-electron chi connectivity index (χ0n) is 11.7. The molecular formula is C14H18N4O2. The van der Waals surface area contributed by atoms with E-state index in [9.17, 15) is 4.79 Å². The van der Waals surface area contributed by atoms with Gasteiger partial charge >= 0.3 is 6.01 Å². The molecule has 0 radical (unpaired) electrons. The van der Waals surface area contributed by atoms with Gasteiger partial charge in [0.25, 0.3) is 0 Å². The van der Waals surface area contributed by atoms with Crippen LogP contribution in [0, 0.1) is 0 Å². The highest BCUT2D eigenvalue weighted by Gasteiger charge is 2.34. The molecular weight excluding hydrogens is 256 g/mol. The van der Waals surface area contributed by atoms with Crippen molar-refractivity contribution in [2.75, 3.05) is 11.4 Å². The number of hydrogen-bond donors (Lipinski definition) is 1. The summed E-state index contributed by atoms with van der Waals surface area (Å²) < 4.78 is 5.71. The van der Waals surface area contributed by atoms with E-state index in [1.165, 1.54) is 0 Å². The number of rotatable bonds is 3. The van der Waals surface area contributed by atoms with Gasteiger partial charge in [0, 0.05) is 18.8 Å². The minimum atomic E-state index is -0.203. The summed E-state index contributed by atoms with van der Waals surface area (Å²) in [4.78, 5) is 22.7. The molecule has 2 aromatic rings. The smallest absolute Gasteiger partial charge is 0.300 e. The summed E-state index contributed by atoms with van der Waals surface area (Å²) >= 11 is 0. The first-order chi connectivity index (χ1) is 9.65. The van der Waals surface area contributed by atoms with E-state index in [2.05, 4.69) is 15.3 Å². The molecule has 3 heterocycles. The van der Waals surface area contributed by atoms with Crippen LogP contribution < -0.4 is 10.2 Å². The van der Waals surface area contributed by atoms with Crippen LogP contribution in [0.3, 0.4) is 0 Å². The molecule has 1 N–H and O–H groups in total. The average Bonchev–Trinajstić information content (AvgIpc) is 3.04. The van der Waals surface area contributed by atoms with Crippen LogP contribution in [0.15, 0.2) is 22.7 Å². The lowest BCUT2D eigenvalue weighted by Crippen LogP contribution is -2.45. The Morgan fingerprint density at radius 3 is 3.15 bits per heavy atom. The first-order valence-electron chi connectivity index (χ1n) is 6.94. The van der Waals surface area contributed by atoms with Crippen molar-refractivity contribution in [3.8, 4) is 0 Å². The molecule has 1 unspecified atom stereocenters. The first kappa shape index (κ1) is 12.9. The van der Waals surface area contributed by atoms with Crippen LogP contribution in [0.2, 0.25) is 0 Å². The number of fused-ring (bicyclic) bond motifs is 1. The number of nitrogens with one attached hydrogen (secondary N) is 1. The van der Waals surface area contributed by atoms with Gasteiger partial charge in [0.1, 0.15) is 6.04 Å². The van der Waals surface area contributed by atoms with Crippen LogP contribution in [0.5, 0.6) is 0 Å². The van der Waals surface area contributed by atoms with E-state index in [4.69, 9.17) is 4.42 Å². The van der Waals surface area contributed by atoms with Crippen molar-refractivity contribution >= 4 is 23.2 Å². The highest BCUT2D eigenvalue weighted by atomic mass is 16.4. The van der Waals surface area contributed by atoms with Gasteiger partial charge in [0.05, 0.1) is 0 Å². The zero-order valence-corrected chi connectivity index (χ0v) is 11.7. The van der Waals surface area contributed by atoms with E-state index < -0.39 is 0 Å². The highest BCUT2D eigenvalue weighted by molar-refractivity contribution is 5.85. The van der Waals surface area contributed by atoms with Gasteiger partial charge in [-0.25, -0.2) is 4.98 Å². The van der Waals surface area contributed by atoms with Crippen LogP contribution in [0.25, 0.3) is 11.2 Å². The summed E-state index contributed by atoms with van der Waals surface area (Å²) in [6.07, 6.45) is 3.47. The monoisotopic (exact) mass is 274 g/mol. The van der Waals surface area contributed by atoms with Crippen molar-refractivity contribution in [2.45, 2.75) is 38.8 Å². The Kier molecular flexibility index (Phi) is 3.30. The first-order valence-corrected chi connectivity index (χ1v) is 6.94. The number of amides is 1. The maximum atomic E-state index is 12.2. The van der Waals surface area contributed by atoms with Gasteiger partial charge in [-0.05, 0) is 38.8 Å². The second-order valence-electron chi connectivity index (χ2n) is 5.34. The summed E-state index contributed by atoms with van der Waals surface area (Å²) in [5, 5.41) is 2.95. The molecule has 1 aliphatic heterocycles. The number of aromatic nitrogens is 2. The molecule has 1 atom stereocenters. The van der Waals surface area contributed by atoms with Crippen molar-refractivity contribution in [1.82, 2.24) is 15.3 Å². The quantitative estimate of drug-likeness (QED) is 0.922. The summed E-state index contributed by atoms with van der Waals surface area (Å²) in [5.74, 6) is 0.0349. The Balaban J connectivity index is 1.86. The standard InChI is InChI=1S/C14H18N4O2/c1-9(2)16-13(19)10-5-4-8-18(10)14-17-12-11(20-14)6-3-7-15-12/h3,6-7,9-10H,4-5,8H2,1-2H3,(H,16,19). The number of anilines is 1.